The number of hydrogen-bond donors (Lipinski definition) is 0. The van der Waals surface area contributed by atoms with Gasteiger partial charge in [-0.25, -0.2) is 29.1 Å². The normalized spacial score (nSPS) is 11.2. The summed E-state index contributed by atoms with van der Waals surface area (Å²) in [6.45, 7) is 16.0. The van der Waals surface area contributed by atoms with Gasteiger partial charge in [0.25, 0.3) is 0 Å². The van der Waals surface area contributed by atoms with Crippen LogP contribution < -0.4 is 46.4 Å². The first kappa shape index (κ1) is 62.1. The molecule has 0 unspecified atom stereocenters. The summed E-state index contributed by atoms with van der Waals surface area (Å²) < 4.78 is 68.9. The highest BCUT2D eigenvalue weighted by Crippen LogP contribution is 2.28. The molecule has 0 saturated carbocycles. The van der Waals surface area contributed by atoms with E-state index in [0.29, 0.717) is 110 Å². The number of nitrogens with zero attached hydrogens (tertiary/aromatic N) is 20. The molecule has 8 aromatic heterocycles. The highest BCUT2D eigenvalue weighted by atomic mass is 16.5. The minimum Gasteiger partial charge on any atom is -0.488 e. The first-order valence-electron chi connectivity index (χ1n) is 31.4. The molecule has 96 heavy (non-hydrogen) atoms. The quantitative estimate of drug-likeness (QED) is 0.0799. The first-order chi connectivity index (χ1) is 48.0. The standard InChI is InChI=1S/C17H19N5O3.C17H17N5O2.C17H15N5O2.C16H17N5O2/c1-4-24-16-13(11-25-15-8-6-5-7-12(15)2)14(9-10-18-16)22-17(23)21(3)19-20-22;2*1-4-14-13(11-24-16-8-6-5-7-12(16)2)15(9-10-18-14)22-17(23)21(3)19-20-22;1-11-6-4-5-7-15(11)23-10-13-12(2)17-9-8-14(13)21-16(22)20(3)18-19-21/h5-10H,4,11H2,1-3H3;4-10H,1,11H2,2-3H3;1,5-10H,11H2,2-3H3;4-9H,10H2,1-3H3/i3*5T;4T. The Hall–Kier alpha value is -12.7. The fourth-order valence-electron chi connectivity index (χ4n) is 9.09. The van der Waals surface area contributed by atoms with Crippen molar-refractivity contribution in [3.8, 4) is 64.0 Å². The number of para-hydroxylation sites is 4. The number of hydrogen-bond acceptors (Lipinski definition) is 21. The lowest BCUT2D eigenvalue weighted by atomic mass is 10.1. The van der Waals surface area contributed by atoms with Crippen LogP contribution in [0.5, 0.6) is 28.9 Å². The van der Waals surface area contributed by atoms with E-state index < -0.39 is 5.69 Å². The zero-order valence-electron chi connectivity index (χ0n) is 58.1. The molecule has 4 aromatic carbocycles. The molecular weight excluding hydrogens is 1230 g/mol. The van der Waals surface area contributed by atoms with Crippen LogP contribution in [0.1, 0.15) is 74.0 Å². The third-order valence-corrected chi connectivity index (χ3v) is 14.3. The second-order valence-corrected chi connectivity index (χ2v) is 20.7. The topological polar surface area (TPSA) is 309 Å². The summed E-state index contributed by atoms with van der Waals surface area (Å²) in [6, 6.07) is 28.8. The summed E-state index contributed by atoms with van der Waals surface area (Å²) in [5.74, 6) is 5.49. The van der Waals surface area contributed by atoms with E-state index in [-0.39, 0.29) is 43.5 Å². The Morgan fingerprint density at radius 2 is 0.771 bits per heavy atom. The van der Waals surface area contributed by atoms with Crippen molar-refractivity contribution in [1.82, 2.24) is 99.1 Å². The first-order valence-corrected chi connectivity index (χ1v) is 29.4. The lowest BCUT2D eigenvalue weighted by molar-refractivity contribution is 0.278. The zero-order valence-corrected chi connectivity index (χ0v) is 54.1. The second kappa shape index (κ2) is 31.5. The highest BCUT2D eigenvalue weighted by molar-refractivity contribution is 5.55. The molecule has 0 fully saturated rings. The van der Waals surface area contributed by atoms with E-state index in [1.807, 2.05) is 41.5 Å². The minimum atomic E-state index is -0.398. The van der Waals surface area contributed by atoms with E-state index in [4.69, 9.17) is 35.6 Å². The Kier molecular flexibility index (Phi) is 20.4. The fraction of sp³-hybridized carbons (Fsp3) is 0.224. The van der Waals surface area contributed by atoms with Crippen LogP contribution in [-0.4, -0.2) is 106 Å². The average molecular weight is 1310 g/mol. The van der Waals surface area contributed by atoms with Crippen LogP contribution in [-0.2, 0) is 54.6 Å². The van der Waals surface area contributed by atoms with E-state index in [1.54, 1.807) is 129 Å². The molecule has 29 heteroatoms. The molecule has 0 aliphatic rings. The Morgan fingerprint density at radius 3 is 1.14 bits per heavy atom. The summed E-state index contributed by atoms with van der Waals surface area (Å²) in [5.41, 5.74) is 8.33. The van der Waals surface area contributed by atoms with Gasteiger partial charge < -0.3 is 23.7 Å². The van der Waals surface area contributed by atoms with Crippen molar-refractivity contribution in [3.63, 3.8) is 0 Å². The second-order valence-electron chi connectivity index (χ2n) is 20.7. The SMILES string of the molecule is [3H]c1ccc(OCc2c(-n3nnn(C)c3=O)ccnc2C#C)c(C)c1.[3H]c1ccc(OCc2c(-n3nnn(C)c3=O)ccnc2C)c(C)c1.[3H]c1ccc(OCc2c(-n3nnn(C)c3=O)ccnc2C=C)c(C)c1.[3H]c1ccc(OCc2c(-n3nnn(C)c3=O)ccnc2OCC)c(C)c1. The van der Waals surface area contributed by atoms with Crippen LogP contribution in [0.3, 0.4) is 0 Å². The molecule has 0 bridgehead atoms. The molecule has 0 aliphatic heterocycles. The number of ether oxygens (including phenoxy) is 5. The molecule has 0 spiro atoms. The van der Waals surface area contributed by atoms with Gasteiger partial charge in [0.05, 0.1) is 46.1 Å². The minimum absolute atomic E-state index is 0.101. The summed E-state index contributed by atoms with van der Waals surface area (Å²) in [5, 5.41) is 30.4. The molecule has 0 radical (unpaired) electrons. The Labute approximate surface area is 555 Å². The van der Waals surface area contributed by atoms with Gasteiger partial charge in [-0.15, -0.1) is 6.42 Å². The third kappa shape index (κ3) is 15.8. The van der Waals surface area contributed by atoms with Crippen molar-refractivity contribution < 1.29 is 29.2 Å². The van der Waals surface area contributed by atoms with E-state index >= 15 is 0 Å². The summed E-state index contributed by atoms with van der Waals surface area (Å²) >= 11 is 0. The largest absolute Gasteiger partial charge is 0.488 e. The van der Waals surface area contributed by atoms with Gasteiger partial charge in [0.15, 0.2) is 0 Å². The van der Waals surface area contributed by atoms with Gasteiger partial charge in [-0.05, 0) is 166 Å². The molecule has 12 aromatic rings. The maximum absolute atomic E-state index is 12.2. The van der Waals surface area contributed by atoms with Crippen LogP contribution in [0, 0.1) is 47.0 Å². The van der Waals surface area contributed by atoms with Gasteiger partial charge >= 0.3 is 22.8 Å². The number of aryl methyl sites for hydroxylation is 9. The van der Waals surface area contributed by atoms with Gasteiger partial charge in [-0.3, -0.25) is 9.97 Å². The van der Waals surface area contributed by atoms with E-state index in [0.717, 1.165) is 56.9 Å². The lowest BCUT2D eigenvalue weighted by Gasteiger charge is -2.14. The molecular formula is C67H68N20O9. The zero-order chi connectivity index (χ0) is 71.9. The summed E-state index contributed by atoms with van der Waals surface area (Å²) in [7, 11) is 6.11. The smallest absolute Gasteiger partial charge is 0.368 e. The van der Waals surface area contributed by atoms with E-state index in [2.05, 4.69) is 74.1 Å². The van der Waals surface area contributed by atoms with Crippen LogP contribution in [0.2, 0.25) is 0 Å². The maximum Gasteiger partial charge on any atom is 0.368 e. The summed E-state index contributed by atoms with van der Waals surface area (Å²) in [6.07, 6.45) is 13.4. The third-order valence-electron chi connectivity index (χ3n) is 14.3. The van der Waals surface area contributed by atoms with Crippen molar-refractivity contribution >= 4 is 6.08 Å². The predicted octanol–water partition coefficient (Wildman–Crippen LogP) is 6.33. The Morgan fingerprint density at radius 1 is 0.438 bits per heavy atom. The lowest BCUT2D eigenvalue weighted by Crippen LogP contribution is -2.23. The number of terminal acetylenes is 1. The van der Waals surface area contributed by atoms with Crippen molar-refractivity contribution in [1.29, 1.82) is 0 Å². The fourth-order valence-corrected chi connectivity index (χ4v) is 9.09. The number of benzene rings is 4. The molecule has 490 valence electrons. The van der Waals surface area contributed by atoms with Crippen LogP contribution in [0.4, 0.5) is 0 Å². The monoisotopic (exact) mass is 1300 g/mol. The summed E-state index contributed by atoms with van der Waals surface area (Å²) in [4.78, 5) is 65.6. The van der Waals surface area contributed by atoms with Gasteiger partial charge in [-0.1, -0.05) is 79.3 Å². The molecule has 0 N–H and O–H groups in total. The van der Waals surface area contributed by atoms with E-state index in [1.165, 1.54) is 41.4 Å². The van der Waals surface area contributed by atoms with Crippen molar-refractivity contribution in [2.75, 3.05) is 6.61 Å². The van der Waals surface area contributed by atoms with Gasteiger partial charge in [0, 0.05) is 75.4 Å². The number of pyridine rings is 4. The van der Waals surface area contributed by atoms with E-state index in [9.17, 15) is 19.2 Å². The molecule has 12 rings (SSSR count). The van der Waals surface area contributed by atoms with Gasteiger partial charge in [-0.2, -0.15) is 37.5 Å². The molecule has 0 amide bonds. The molecule has 0 aliphatic carbocycles. The Bertz CT molecular complexity index is 5240. The van der Waals surface area contributed by atoms with Crippen LogP contribution in [0.25, 0.3) is 28.8 Å². The van der Waals surface area contributed by atoms with Crippen molar-refractivity contribution in [3.05, 3.63) is 256 Å². The average Bonchev–Trinajstić information content (AvgIpc) is 1.55. The molecule has 29 nitrogen and oxygen atoms in total. The van der Waals surface area contributed by atoms with Crippen molar-refractivity contribution in [2.24, 2.45) is 28.2 Å². The van der Waals surface area contributed by atoms with Gasteiger partial charge in [0.1, 0.15) is 55.1 Å². The van der Waals surface area contributed by atoms with Gasteiger partial charge in [0.2, 0.25) is 5.88 Å². The number of tetrazole rings is 4. The number of aromatic nitrogens is 20. The number of rotatable bonds is 19. The Balaban J connectivity index is 0.000000156. The maximum atomic E-state index is 12.2. The molecule has 0 saturated heterocycles. The van der Waals surface area contributed by atoms with Crippen molar-refractivity contribution in [2.45, 2.75) is 68.0 Å². The molecule has 8 heterocycles. The van der Waals surface area contributed by atoms with Crippen LogP contribution in [0.15, 0.2) is 172 Å². The highest BCUT2D eigenvalue weighted by Gasteiger charge is 2.21. The molecule has 0 atom stereocenters. The van der Waals surface area contributed by atoms with Crippen LogP contribution >= 0.6 is 0 Å². The predicted molar refractivity (Wildman–Crippen MR) is 354 cm³/mol.